The Morgan fingerprint density at radius 1 is 1.00 bits per heavy atom. The summed E-state index contributed by atoms with van der Waals surface area (Å²) in [7, 11) is 3.85. The number of nitrogens with zero attached hydrogens (tertiary/aromatic N) is 5. The number of methoxy groups -OCH3 is 1. The van der Waals surface area contributed by atoms with Crippen LogP contribution in [0, 0.1) is 11.3 Å². The summed E-state index contributed by atoms with van der Waals surface area (Å²) in [5, 5.41) is 11.8. The topological polar surface area (TPSA) is 57.3 Å². The average Bonchev–Trinajstić information content (AvgIpc) is 3.28. The van der Waals surface area contributed by atoms with E-state index in [-0.39, 0.29) is 0 Å². The lowest BCUT2D eigenvalue weighted by molar-refractivity contribution is 0.141. The van der Waals surface area contributed by atoms with E-state index < -0.39 is 0 Å². The Morgan fingerprint density at radius 2 is 1.81 bits per heavy atom. The molecule has 6 nitrogen and oxygen atoms in total. The SMILES string of the molecule is COc1cc(N2CCN(C3CCC(c4cn(C)c5ccc(C#N)cc45)CC3)CC2)c2ncccc2c1. The Morgan fingerprint density at radius 3 is 2.56 bits per heavy atom. The predicted octanol–water partition coefficient (Wildman–Crippen LogP) is 5.46. The normalized spacial score (nSPS) is 21.1. The Kier molecular flexibility index (Phi) is 6.02. The third-order valence-corrected chi connectivity index (χ3v) is 8.35. The number of hydrogen-bond acceptors (Lipinski definition) is 5. The first-order valence-corrected chi connectivity index (χ1v) is 13.1. The molecule has 0 unspecified atom stereocenters. The lowest BCUT2D eigenvalue weighted by atomic mass is 9.81. The van der Waals surface area contributed by atoms with Gasteiger partial charge in [0.2, 0.25) is 0 Å². The van der Waals surface area contributed by atoms with Crippen molar-refractivity contribution in [3.8, 4) is 11.8 Å². The highest BCUT2D eigenvalue weighted by Crippen LogP contribution is 2.39. The lowest BCUT2D eigenvalue weighted by Gasteiger charge is -2.42. The molecule has 2 fully saturated rings. The third kappa shape index (κ3) is 4.08. The van der Waals surface area contributed by atoms with Crippen molar-refractivity contribution in [3.05, 3.63) is 66.0 Å². The maximum Gasteiger partial charge on any atom is 0.121 e. The van der Waals surface area contributed by atoms with Gasteiger partial charge in [-0.05, 0) is 67.5 Å². The maximum atomic E-state index is 9.38. The fraction of sp³-hybridized carbons (Fsp3) is 0.400. The number of rotatable bonds is 4. The number of nitriles is 1. The monoisotopic (exact) mass is 479 g/mol. The van der Waals surface area contributed by atoms with Crippen LogP contribution < -0.4 is 9.64 Å². The van der Waals surface area contributed by atoms with Crippen molar-refractivity contribution in [2.45, 2.75) is 37.6 Å². The fourth-order valence-electron chi connectivity index (χ4n) is 6.40. The summed E-state index contributed by atoms with van der Waals surface area (Å²) >= 11 is 0. The Hall–Kier alpha value is -3.56. The van der Waals surface area contributed by atoms with Crippen molar-refractivity contribution in [1.82, 2.24) is 14.5 Å². The van der Waals surface area contributed by atoms with Crippen molar-refractivity contribution in [2.24, 2.45) is 7.05 Å². The van der Waals surface area contributed by atoms with Gasteiger partial charge in [-0.15, -0.1) is 0 Å². The smallest absolute Gasteiger partial charge is 0.121 e. The second-order valence-electron chi connectivity index (χ2n) is 10.3. The van der Waals surface area contributed by atoms with Crippen LogP contribution in [0.2, 0.25) is 0 Å². The van der Waals surface area contributed by atoms with Crippen LogP contribution in [0.5, 0.6) is 5.75 Å². The quantitative estimate of drug-likeness (QED) is 0.389. The molecule has 0 bridgehead atoms. The van der Waals surface area contributed by atoms with E-state index >= 15 is 0 Å². The minimum atomic E-state index is 0.578. The van der Waals surface area contributed by atoms with Gasteiger partial charge in [0.05, 0.1) is 29.9 Å². The van der Waals surface area contributed by atoms with Gasteiger partial charge in [0.1, 0.15) is 5.75 Å². The van der Waals surface area contributed by atoms with Crippen LogP contribution in [0.1, 0.15) is 42.7 Å². The van der Waals surface area contributed by atoms with Gasteiger partial charge in [-0.1, -0.05) is 6.07 Å². The van der Waals surface area contributed by atoms with Gasteiger partial charge < -0.3 is 14.2 Å². The third-order valence-electron chi connectivity index (χ3n) is 8.35. The molecule has 4 aromatic rings. The van der Waals surface area contributed by atoms with Crippen molar-refractivity contribution >= 4 is 27.5 Å². The van der Waals surface area contributed by atoms with Gasteiger partial charge in [0, 0.05) is 74.0 Å². The number of hydrogen-bond donors (Lipinski definition) is 0. The second kappa shape index (κ2) is 9.48. The number of ether oxygens (including phenoxy) is 1. The molecule has 6 heteroatoms. The molecule has 3 heterocycles. The van der Waals surface area contributed by atoms with Crippen LogP contribution in [0.25, 0.3) is 21.8 Å². The minimum Gasteiger partial charge on any atom is -0.497 e. The molecule has 0 N–H and O–H groups in total. The van der Waals surface area contributed by atoms with E-state index in [9.17, 15) is 5.26 Å². The zero-order chi connectivity index (χ0) is 24.6. The molecular weight excluding hydrogens is 446 g/mol. The molecule has 0 radical (unpaired) electrons. The number of benzene rings is 2. The molecule has 1 aliphatic carbocycles. The van der Waals surface area contributed by atoms with Crippen LogP contribution in [-0.4, -0.2) is 53.8 Å². The van der Waals surface area contributed by atoms with Crippen molar-refractivity contribution in [2.75, 3.05) is 38.2 Å². The van der Waals surface area contributed by atoms with Crippen LogP contribution in [0.15, 0.2) is 54.9 Å². The number of fused-ring (bicyclic) bond motifs is 2. The van der Waals surface area contributed by atoms with E-state index in [1.54, 1.807) is 7.11 Å². The standard InChI is InChI=1S/C30H33N5O/c1-33-20-27(26-16-21(19-31)5-10-28(26)33)22-6-8-24(9-7-22)34-12-14-35(15-13-34)29-18-25(36-2)17-23-4-3-11-32-30(23)29/h3-5,10-11,16-18,20,22,24H,6-9,12-15H2,1-2H3. The van der Waals surface area contributed by atoms with Gasteiger partial charge in [-0.2, -0.15) is 5.26 Å². The van der Waals surface area contributed by atoms with E-state index in [2.05, 4.69) is 69.0 Å². The molecule has 1 saturated heterocycles. The summed E-state index contributed by atoms with van der Waals surface area (Å²) in [5.41, 5.74) is 5.63. The van der Waals surface area contributed by atoms with Gasteiger partial charge in [-0.3, -0.25) is 9.88 Å². The van der Waals surface area contributed by atoms with E-state index in [4.69, 9.17) is 4.74 Å². The summed E-state index contributed by atoms with van der Waals surface area (Å²) in [4.78, 5) is 9.86. The Bertz CT molecular complexity index is 1440. The number of aromatic nitrogens is 2. The first-order valence-electron chi connectivity index (χ1n) is 13.1. The highest BCUT2D eigenvalue weighted by molar-refractivity contribution is 5.92. The van der Waals surface area contributed by atoms with Crippen molar-refractivity contribution < 1.29 is 4.74 Å². The highest BCUT2D eigenvalue weighted by atomic mass is 16.5. The van der Waals surface area contributed by atoms with Crippen molar-refractivity contribution in [3.63, 3.8) is 0 Å². The van der Waals surface area contributed by atoms with E-state index in [0.717, 1.165) is 48.4 Å². The van der Waals surface area contributed by atoms with Crippen LogP contribution in [-0.2, 0) is 7.05 Å². The summed E-state index contributed by atoms with van der Waals surface area (Å²) in [6, 6.07) is 17.4. The summed E-state index contributed by atoms with van der Waals surface area (Å²) < 4.78 is 7.79. The number of pyridine rings is 1. The van der Waals surface area contributed by atoms with E-state index in [1.165, 1.54) is 47.8 Å². The second-order valence-corrected chi connectivity index (χ2v) is 10.3. The molecule has 0 atom stereocenters. The summed E-state index contributed by atoms with van der Waals surface area (Å²) in [6.45, 7) is 4.19. The van der Waals surface area contributed by atoms with E-state index in [1.807, 2.05) is 18.3 Å². The summed E-state index contributed by atoms with van der Waals surface area (Å²) in [5.74, 6) is 1.47. The molecule has 0 amide bonds. The molecule has 1 aliphatic heterocycles. The predicted molar refractivity (Wildman–Crippen MR) is 145 cm³/mol. The van der Waals surface area contributed by atoms with Crippen LogP contribution in [0.3, 0.4) is 0 Å². The highest BCUT2D eigenvalue weighted by Gasteiger charge is 2.30. The Labute approximate surface area is 212 Å². The number of anilines is 1. The molecule has 0 spiro atoms. The first kappa shape index (κ1) is 22.9. The molecule has 2 aromatic carbocycles. The lowest BCUT2D eigenvalue weighted by Crippen LogP contribution is -2.51. The fourth-order valence-corrected chi connectivity index (χ4v) is 6.40. The largest absolute Gasteiger partial charge is 0.497 e. The number of piperazine rings is 1. The zero-order valence-electron chi connectivity index (χ0n) is 21.2. The molecule has 2 aromatic heterocycles. The molecular formula is C30H33N5O. The zero-order valence-corrected chi connectivity index (χ0v) is 21.2. The van der Waals surface area contributed by atoms with Gasteiger partial charge >= 0.3 is 0 Å². The first-order chi connectivity index (χ1) is 17.6. The molecule has 36 heavy (non-hydrogen) atoms. The summed E-state index contributed by atoms with van der Waals surface area (Å²) in [6.07, 6.45) is 9.08. The van der Waals surface area contributed by atoms with Crippen LogP contribution in [0.4, 0.5) is 5.69 Å². The molecule has 2 aliphatic rings. The van der Waals surface area contributed by atoms with Crippen LogP contribution >= 0.6 is 0 Å². The van der Waals surface area contributed by atoms with Crippen molar-refractivity contribution in [1.29, 1.82) is 5.26 Å². The van der Waals surface area contributed by atoms with Gasteiger partial charge in [0.25, 0.3) is 0 Å². The molecule has 1 saturated carbocycles. The van der Waals surface area contributed by atoms with Gasteiger partial charge in [-0.25, -0.2) is 0 Å². The molecule has 6 rings (SSSR count). The maximum absolute atomic E-state index is 9.38. The average molecular weight is 480 g/mol. The minimum absolute atomic E-state index is 0.578. The Balaban J connectivity index is 1.12. The molecule has 184 valence electrons. The van der Waals surface area contributed by atoms with E-state index in [0.29, 0.717) is 12.0 Å². The van der Waals surface area contributed by atoms with Gasteiger partial charge in [0.15, 0.2) is 0 Å². The number of aryl methyl sites for hydroxylation is 1.